The molecule has 0 spiro atoms. The molecule has 12 heteroatoms. The molecule has 11 nitrogen and oxygen atoms in total. The number of nitrogens with one attached hydrogen (secondary N) is 2. The van der Waals surface area contributed by atoms with Gasteiger partial charge in [0.15, 0.2) is 11.6 Å². The molecule has 0 saturated carbocycles. The lowest BCUT2D eigenvalue weighted by molar-refractivity contribution is -0.136. The van der Waals surface area contributed by atoms with Gasteiger partial charge in [-0.25, -0.2) is 9.97 Å². The van der Waals surface area contributed by atoms with Crippen molar-refractivity contribution in [1.82, 2.24) is 30.4 Å². The summed E-state index contributed by atoms with van der Waals surface area (Å²) in [6, 6.07) is 7.88. The third-order valence-corrected chi connectivity index (χ3v) is 8.70. The Morgan fingerprint density at radius 1 is 1.21 bits per heavy atom. The Balaban J connectivity index is 1.32. The van der Waals surface area contributed by atoms with Crippen LogP contribution in [0.2, 0.25) is 0 Å². The number of hydrogen-bond acceptors (Lipinski definition) is 9. The van der Waals surface area contributed by atoms with Gasteiger partial charge in [0.1, 0.15) is 5.60 Å². The SMILES string of the molecule is C=CC(=O)NCC(=O)N1CCC(O)(c2cc3nc(-c4cccc5[nH]ncc45)nc(N4CCOCC4)c3s2)CC1. The highest BCUT2D eigenvalue weighted by Gasteiger charge is 2.37. The number of piperidine rings is 1. The van der Waals surface area contributed by atoms with E-state index in [0.717, 1.165) is 56.5 Å². The molecule has 202 valence electrons. The van der Waals surface area contributed by atoms with Crippen LogP contribution in [-0.4, -0.2) is 87.9 Å². The van der Waals surface area contributed by atoms with Crippen LogP contribution in [0.4, 0.5) is 5.82 Å². The standard InChI is InChI=1S/C27H29N7O4S/c1-2-22(35)28-16-23(36)33-8-6-27(37,7-9-33)21-14-20-24(39-21)26(34-10-12-38-13-11-34)31-25(30-20)17-4-3-5-19-18(17)15-29-32-19/h2-5,14-15,37H,1,6-13,16H2,(H,28,35)(H,29,32). The van der Waals surface area contributed by atoms with Crippen LogP contribution in [0.5, 0.6) is 0 Å². The number of carbonyl (C=O) groups is 2. The molecule has 0 atom stereocenters. The van der Waals surface area contributed by atoms with Crippen molar-refractivity contribution >= 4 is 50.1 Å². The Bertz CT molecular complexity index is 1550. The molecule has 0 aliphatic carbocycles. The molecule has 2 aliphatic heterocycles. The Labute approximate surface area is 228 Å². The number of ether oxygens (including phenoxy) is 1. The van der Waals surface area contributed by atoms with Gasteiger partial charge in [-0.05, 0) is 31.1 Å². The first-order chi connectivity index (χ1) is 18.9. The van der Waals surface area contributed by atoms with E-state index in [0.29, 0.717) is 45.0 Å². The molecule has 2 fully saturated rings. The molecule has 0 radical (unpaired) electrons. The molecule has 2 amide bonds. The maximum atomic E-state index is 12.5. The fraction of sp³-hybridized carbons (Fsp3) is 0.370. The van der Waals surface area contributed by atoms with Crippen molar-refractivity contribution in [2.24, 2.45) is 0 Å². The van der Waals surface area contributed by atoms with Crippen LogP contribution >= 0.6 is 11.3 Å². The molecule has 6 rings (SSSR count). The molecule has 2 saturated heterocycles. The third kappa shape index (κ3) is 4.86. The average molecular weight is 548 g/mol. The van der Waals surface area contributed by atoms with Gasteiger partial charge in [0.25, 0.3) is 0 Å². The Morgan fingerprint density at radius 3 is 2.77 bits per heavy atom. The summed E-state index contributed by atoms with van der Waals surface area (Å²) in [7, 11) is 0. The van der Waals surface area contributed by atoms with Gasteiger partial charge in [0.05, 0.1) is 41.7 Å². The number of likely N-dealkylation sites (tertiary alicyclic amines) is 1. The van der Waals surface area contributed by atoms with Gasteiger partial charge in [-0.15, -0.1) is 11.3 Å². The van der Waals surface area contributed by atoms with Crippen LogP contribution in [-0.2, 0) is 19.9 Å². The third-order valence-electron chi connectivity index (χ3n) is 7.39. The van der Waals surface area contributed by atoms with Gasteiger partial charge in [0.2, 0.25) is 11.8 Å². The van der Waals surface area contributed by atoms with Crippen molar-refractivity contribution in [2.45, 2.75) is 18.4 Å². The van der Waals surface area contributed by atoms with Gasteiger partial charge >= 0.3 is 0 Å². The van der Waals surface area contributed by atoms with Crippen molar-refractivity contribution in [3.8, 4) is 11.4 Å². The van der Waals surface area contributed by atoms with E-state index in [-0.39, 0.29) is 18.4 Å². The van der Waals surface area contributed by atoms with E-state index in [9.17, 15) is 14.7 Å². The summed E-state index contributed by atoms with van der Waals surface area (Å²) in [6.45, 7) is 6.78. The lowest BCUT2D eigenvalue weighted by Crippen LogP contribution is -2.47. The lowest BCUT2D eigenvalue weighted by atomic mass is 9.90. The first-order valence-electron chi connectivity index (χ1n) is 12.9. The van der Waals surface area contributed by atoms with Crippen molar-refractivity contribution in [3.63, 3.8) is 0 Å². The second-order valence-electron chi connectivity index (χ2n) is 9.77. The van der Waals surface area contributed by atoms with E-state index in [1.807, 2.05) is 24.3 Å². The molecular formula is C27H29N7O4S. The second-order valence-corrected chi connectivity index (χ2v) is 10.8. The summed E-state index contributed by atoms with van der Waals surface area (Å²) in [6.07, 6.45) is 3.70. The number of morpholine rings is 1. The molecular weight excluding hydrogens is 518 g/mol. The van der Waals surface area contributed by atoms with Gasteiger partial charge < -0.3 is 25.0 Å². The molecule has 0 unspecified atom stereocenters. The monoisotopic (exact) mass is 547 g/mol. The molecule has 0 bridgehead atoms. The summed E-state index contributed by atoms with van der Waals surface area (Å²) >= 11 is 1.51. The van der Waals surface area contributed by atoms with E-state index in [1.54, 1.807) is 11.1 Å². The Kier molecular flexibility index (Phi) is 6.75. The first kappa shape index (κ1) is 25.4. The van der Waals surface area contributed by atoms with Crippen molar-refractivity contribution in [3.05, 3.63) is 48.0 Å². The molecule has 1 aromatic carbocycles. The van der Waals surface area contributed by atoms with E-state index in [2.05, 4.69) is 27.0 Å². The summed E-state index contributed by atoms with van der Waals surface area (Å²) in [5.74, 6) is 0.878. The highest BCUT2D eigenvalue weighted by atomic mass is 32.1. The average Bonchev–Trinajstić information content (AvgIpc) is 3.64. The summed E-state index contributed by atoms with van der Waals surface area (Å²) < 4.78 is 6.51. The number of amides is 2. The van der Waals surface area contributed by atoms with Crippen LogP contribution in [0, 0.1) is 0 Å². The van der Waals surface area contributed by atoms with Crippen LogP contribution in [0.3, 0.4) is 0 Å². The molecule has 2 aliphatic rings. The predicted octanol–water partition coefficient (Wildman–Crippen LogP) is 2.18. The number of hydrogen-bond donors (Lipinski definition) is 3. The highest BCUT2D eigenvalue weighted by Crippen LogP contribution is 2.42. The van der Waals surface area contributed by atoms with Crippen molar-refractivity contribution in [1.29, 1.82) is 0 Å². The molecule has 4 aromatic rings. The smallest absolute Gasteiger partial charge is 0.243 e. The number of aromatic nitrogens is 4. The number of fused-ring (bicyclic) bond motifs is 2. The highest BCUT2D eigenvalue weighted by molar-refractivity contribution is 7.19. The van der Waals surface area contributed by atoms with Crippen molar-refractivity contribution in [2.75, 3.05) is 50.8 Å². The maximum absolute atomic E-state index is 12.5. The van der Waals surface area contributed by atoms with Crippen LogP contribution < -0.4 is 10.2 Å². The zero-order valence-electron chi connectivity index (χ0n) is 21.4. The summed E-state index contributed by atoms with van der Waals surface area (Å²) in [5.41, 5.74) is 1.50. The van der Waals surface area contributed by atoms with Crippen molar-refractivity contribution < 1.29 is 19.4 Å². The minimum atomic E-state index is -1.08. The van der Waals surface area contributed by atoms with E-state index in [4.69, 9.17) is 14.7 Å². The Morgan fingerprint density at radius 2 is 2.00 bits per heavy atom. The quantitative estimate of drug-likeness (QED) is 0.313. The van der Waals surface area contributed by atoms with Crippen LogP contribution in [0.1, 0.15) is 17.7 Å². The minimum absolute atomic E-state index is 0.0864. The molecule has 3 N–H and O–H groups in total. The zero-order valence-corrected chi connectivity index (χ0v) is 22.2. The van der Waals surface area contributed by atoms with Crippen LogP contribution in [0.15, 0.2) is 43.1 Å². The number of carbonyl (C=O) groups excluding carboxylic acids is 2. The number of rotatable bonds is 6. The zero-order chi connectivity index (χ0) is 27.0. The number of aromatic amines is 1. The number of benzene rings is 1. The number of thiophene rings is 1. The van der Waals surface area contributed by atoms with Gasteiger partial charge in [0, 0.05) is 42.0 Å². The number of nitrogens with zero attached hydrogens (tertiary/aromatic N) is 5. The van der Waals surface area contributed by atoms with Gasteiger partial charge in [-0.1, -0.05) is 18.7 Å². The number of anilines is 1. The summed E-state index contributed by atoms with van der Waals surface area (Å²) in [5, 5.41) is 22.4. The van der Waals surface area contributed by atoms with Gasteiger partial charge in [-0.2, -0.15) is 5.10 Å². The number of aliphatic hydroxyl groups is 1. The van der Waals surface area contributed by atoms with Crippen LogP contribution in [0.25, 0.3) is 32.5 Å². The topological polar surface area (TPSA) is 137 Å². The molecule has 39 heavy (non-hydrogen) atoms. The second kappa shape index (κ2) is 10.4. The molecule has 3 aromatic heterocycles. The molecule has 5 heterocycles. The number of H-pyrrole nitrogens is 1. The largest absolute Gasteiger partial charge is 0.384 e. The fourth-order valence-corrected chi connectivity index (χ4v) is 6.40. The first-order valence-corrected chi connectivity index (χ1v) is 13.7. The van der Waals surface area contributed by atoms with E-state index in [1.165, 1.54) is 11.3 Å². The summed E-state index contributed by atoms with van der Waals surface area (Å²) in [4.78, 5) is 38.6. The lowest BCUT2D eigenvalue weighted by Gasteiger charge is -2.37. The predicted molar refractivity (Wildman–Crippen MR) is 148 cm³/mol. The minimum Gasteiger partial charge on any atom is -0.384 e. The maximum Gasteiger partial charge on any atom is 0.243 e. The Hall–Kier alpha value is -3.87. The fourth-order valence-electron chi connectivity index (χ4n) is 5.14. The van der Waals surface area contributed by atoms with E-state index < -0.39 is 5.60 Å². The van der Waals surface area contributed by atoms with Gasteiger partial charge in [-0.3, -0.25) is 14.7 Å². The van der Waals surface area contributed by atoms with E-state index >= 15 is 0 Å². The normalized spacial score (nSPS) is 17.5.